The lowest BCUT2D eigenvalue weighted by Gasteiger charge is -2.26. The maximum Gasteiger partial charge on any atom is 0.115 e. The highest BCUT2D eigenvalue weighted by atomic mass is 32.2. The molecule has 3 nitrogen and oxygen atoms in total. The Bertz CT molecular complexity index is 337. The zero-order valence-corrected chi connectivity index (χ0v) is 9.82. The van der Waals surface area contributed by atoms with Gasteiger partial charge in [0, 0.05) is 17.9 Å². The Morgan fingerprint density at radius 1 is 1.50 bits per heavy atom. The number of ether oxygens (including phenoxy) is 1. The Kier molecular flexibility index (Phi) is 4.09. The molecular weight excluding hydrogens is 224 g/mol. The lowest BCUT2D eigenvalue weighted by molar-refractivity contribution is -0.0208. The second kappa shape index (κ2) is 5.57. The fourth-order valence-corrected chi connectivity index (χ4v) is 2.72. The molecule has 1 heterocycles. The Morgan fingerprint density at radius 3 is 3.06 bits per heavy atom. The first kappa shape index (κ1) is 11.8. The van der Waals surface area contributed by atoms with Crippen LogP contribution in [0, 0.1) is 0 Å². The van der Waals surface area contributed by atoms with E-state index in [-0.39, 0.29) is 11.9 Å². The normalized spacial score (nSPS) is 22.9. The van der Waals surface area contributed by atoms with Crippen LogP contribution < -0.4 is 0 Å². The molecule has 0 amide bonds. The first-order valence-corrected chi connectivity index (χ1v) is 6.56. The first-order valence-electron chi connectivity index (χ1n) is 5.41. The summed E-state index contributed by atoms with van der Waals surface area (Å²) in [6.45, 7) is 0.715. The summed E-state index contributed by atoms with van der Waals surface area (Å²) in [6, 6.07) is 6.99. The second-order valence-corrected chi connectivity index (χ2v) is 5.08. The highest BCUT2D eigenvalue weighted by Gasteiger charge is 2.22. The number of aliphatic hydroxyl groups is 1. The standard InChI is InChI=1S/C12H16O3S/c13-10-3-1-2-9(6-10)7-11(14)12-8-16-5-4-15-12/h1-3,6,11-14H,4-5,7-8H2. The second-order valence-electron chi connectivity index (χ2n) is 3.93. The van der Waals surface area contributed by atoms with Crippen molar-refractivity contribution in [3.63, 3.8) is 0 Å². The molecule has 2 unspecified atom stereocenters. The third-order valence-electron chi connectivity index (χ3n) is 2.63. The Morgan fingerprint density at radius 2 is 2.38 bits per heavy atom. The van der Waals surface area contributed by atoms with Crippen molar-refractivity contribution < 1.29 is 14.9 Å². The summed E-state index contributed by atoms with van der Waals surface area (Å²) in [6.07, 6.45) is -0.0460. The molecule has 0 bridgehead atoms. The van der Waals surface area contributed by atoms with Crippen LogP contribution in [0.1, 0.15) is 5.56 Å². The molecule has 1 aliphatic heterocycles. The van der Waals surface area contributed by atoms with Crippen molar-refractivity contribution in [1.82, 2.24) is 0 Å². The van der Waals surface area contributed by atoms with Crippen molar-refractivity contribution in [2.24, 2.45) is 0 Å². The fourth-order valence-electron chi connectivity index (χ4n) is 1.78. The molecule has 0 spiro atoms. The molecule has 1 saturated heterocycles. The van der Waals surface area contributed by atoms with Crippen LogP contribution in [0.2, 0.25) is 0 Å². The average Bonchev–Trinajstić information content (AvgIpc) is 2.30. The summed E-state index contributed by atoms with van der Waals surface area (Å²) < 4.78 is 5.51. The van der Waals surface area contributed by atoms with Crippen molar-refractivity contribution in [2.45, 2.75) is 18.6 Å². The number of rotatable bonds is 3. The van der Waals surface area contributed by atoms with E-state index in [0.717, 1.165) is 17.1 Å². The minimum absolute atomic E-state index is 0.0823. The molecule has 1 aliphatic rings. The van der Waals surface area contributed by atoms with Crippen LogP contribution in [0.15, 0.2) is 24.3 Å². The van der Waals surface area contributed by atoms with Gasteiger partial charge in [-0.15, -0.1) is 0 Å². The van der Waals surface area contributed by atoms with E-state index in [1.165, 1.54) is 0 Å². The minimum atomic E-state index is -0.491. The summed E-state index contributed by atoms with van der Waals surface area (Å²) in [5.41, 5.74) is 0.937. The van der Waals surface area contributed by atoms with Gasteiger partial charge in [0.2, 0.25) is 0 Å². The third kappa shape index (κ3) is 3.14. The van der Waals surface area contributed by atoms with Gasteiger partial charge in [-0.1, -0.05) is 12.1 Å². The molecule has 16 heavy (non-hydrogen) atoms. The van der Waals surface area contributed by atoms with Gasteiger partial charge in [-0.25, -0.2) is 0 Å². The molecule has 0 saturated carbocycles. The van der Waals surface area contributed by atoms with Crippen LogP contribution in [0.4, 0.5) is 0 Å². The van der Waals surface area contributed by atoms with E-state index in [9.17, 15) is 10.2 Å². The largest absolute Gasteiger partial charge is 0.508 e. The molecule has 1 aromatic carbocycles. The molecule has 0 aliphatic carbocycles. The Hall–Kier alpha value is -0.710. The van der Waals surface area contributed by atoms with Crippen LogP contribution in [-0.4, -0.2) is 40.5 Å². The van der Waals surface area contributed by atoms with E-state index < -0.39 is 6.10 Å². The number of hydrogen-bond donors (Lipinski definition) is 2. The monoisotopic (exact) mass is 240 g/mol. The van der Waals surface area contributed by atoms with Gasteiger partial charge in [0.1, 0.15) is 5.75 Å². The van der Waals surface area contributed by atoms with Gasteiger partial charge in [0.25, 0.3) is 0 Å². The van der Waals surface area contributed by atoms with Crippen molar-refractivity contribution in [3.05, 3.63) is 29.8 Å². The lowest BCUT2D eigenvalue weighted by Crippen LogP contribution is -2.36. The summed E-state index contributed by atoms with van der Waals surface area (Å²) in [5.74, 6) is 2.10. The molecule has 4 heteroatoms. The SMILES string of the molecule is Oc1cccc(CC(O)C2CSCCO2)c1. The summed E-state index contributed by atoms with van der Waals surface area (Å²) in [5, 5.41) is 19.3. The van der Waals surface area contributed by atoms with Gasteiger partial charge in [0.15, 0.2) is 0 Å². The van der Waals surface area contributed by atoms with E-state index >= 15 is 0 Å². The maximum atomic E-state index is 10.00. The number of phenols is 1. The van der Waals surface area contributed by atoms with E-state index in [2.05, 4.69) is 0 Å². The lowest BCUT2D eigenvalue weighted by atomic mass is 10.0. The number of aromatic hydroxyl groups is 1. The zero-order valence-electron chi connectivity index (χ0n) is 9.00. The maximum absolute atomic E-state index is 10.00. The van der Waals surface area contributed by atoms with Crippen LogP contribution in [0.5, 0.6) is 5.75 Å². The van der Waals surface area contributed by atoms with Crippen molar-refractivity contribution in [3.8, 4) is 5.75 Å². The van der Waals surface area contributed by atoms with Crippen LogP contribution >= 0.6 is 11.8 Å². The van der Waals surface area contributed by atoms with Crippen LogP contribution in [0.3, 0.4) is 0 Å². The van der Waals surface area contributed by atoms with Gasteiger partial charge in [-0.3, -0.25) is 0 Å². The molecule has 1 fully saturated rings. The molecule has 0 aromatic heterocycles. The summed E-state index contributed by atoms with van der Waals surface area (Å²) in [7, 11) is 0. The van der Waals surface area contributed by atoms with E-state index in [0.29, 0.717) is 13.0 Å². The van der Waals surface area contributed by atoms with Crippen molar-refractivity contribution in [1.29, 1.82) is 0 Å². The smallest absolute Gasteiger partial charge is 0.115 e. The fraction of sp³-hybridized carbons (Fsp3) is 0.500. The number of aliphatic hydroxyl groups excluding tert-OH is 1. The molecule has 2 atom stereocenters. The molecular formula is C12H16O3S. The van der Waals surface area contributed by atoms with Gasteiger partial charge in [0.05, 0.1) is 18.8 Å². The number of phenolic OH excluding ortho intramolecular Hbond substituents is 1. The van der Waals surface area contributed by atoms with Crippen molar-refractivity contribution >= 4 is 11.8 Å². The molecule has 2 N–H and O–H groups in total. The predicted octanol–water partition coefficient (Wildman–Crippen LogP) is 1.43. The van der Waals surface area contributed by atoms with E-state index in [1.807, 2.05) is 17.8 Å². The topological polar surface area (TPSA) is 49.7 Å². The van der Waals surface area contributed by atoms with Crippen LogP contribution in [-0.2, 0) is 11.2 Å². The number of benzene rings is 1. The minimum Gasteiger partial charge on any atom is -0.508 e. The summed E-state index contributed by atoms with van der Waals surface area (Å²) >= 11 is 1.81. The highest BCUT2D eigenvalue weighted by Crippen LogP contribution is 2.19. The average molecular weight is 240 g/mol. The van der Waals surface area contributed by atoms with E-state index in [1.54, 1.807) is 18.2 Å². The highest BCUT2D eigenvalue weighted by molar-refractivity contribution is 7.99. The molecule has 0 radical (unpaired) electrons. The van der Waals surface area contributed by atoms with Crippen LogP contribution in [0.25, 0.3) is 0 Å². The number of hydrogen-bond acceptors (Lipinski definition) is 4. The molecule has 88 valence electrons. The molecule has 1 aromatic rings. The summed E-state index contributed by atoms with van der Waals surface area (Å²) in [4.78, 5) is 0. The third-order valence-corrected chi connectivity index (χ3v) is 3.65. The van der Waals surface area contributed by atoms with E-state index in [4.69, 9.17) is 4.74 Å². The van der Waals surface area contributed by atoms with Gasteiger partial charge in [-0.2, -0.15) is 11.8 Å². The van der Waals surface area contributed by atoms with Gasteiger partial charge < -0.3 is 14.9 Å². The number of thioether (sulfide) groups is 1. The van der Waals surface area contributed by atoms with Gasteiger partial charge >= 0.3 is 0 Å². The van der Waals surface area contributed by atoms with Gasteiger partial charge in [-0.05, 0) is 17.7 Å². The quantitative estimate of drug-likeness (QED) is 0.839. The molecule has 2 rings (SSSR count). The zero-order chi connectivity index (χ0) is 11.4. The Labute approximate surface area is 99.4 Å². The predicted molar refractivity (Wildman–Crippen MR) is 64.9 cm³/mol. The Balaban J connectivity index is 1.93. The first-order chi connectivity index (χ1) is 7.75. The van der Waals surface area contributed by atoms with Crippen molar-refractivity contribution in [2.75, 3.05) is 18.1 Å².